The summed E-state index contributed by atoms with van der Waals surface area (Å²) >= 11 is 0. The van der Waals surface area contributed by atoms with Gasteiger partial charge in [-0.3, -0.25) is 4.79 Å². The number of ether oxygens (including phenoxy) is 1. The Morgan fingerprint density at radius 1 is 0.893 bits per heavy atom. The largest absolute Gasteiger partial charge is 0.454 e. The van der Waals surface area contributed by atoms with Crippen LogP contribution in [-0.2, 0) is 4.74 Å². The van der Waals surface area contributed by atoms with Gasteiger partial charge in [-0.05, 0) is 37.1 Å². The first-order chi connectivity index (χ1) is 13.5. The summed E-state index contributed by atoms with van der Waals surface area (Å²) in [5.74, 6) is -0.845. The first-order valence-corrected chi connectivity index (χ1v) is 8.87. The summed E-state index contributed by atoms with van der Waals surface area (Å²) in [5.41, 5.74) is 4.50. The molecule has 0 unspecified atom stereocenters. The van der Waals surface area contributed by atoms with E-state index in [1.807, 2.05) is 32.0 Å². The lowest BCUT2D eigenvalue weighted by molar-refractivity contribution is 0.0475. The van der Waals surface area contributed by atoms with Crippen molar-refractivity contribution in [1.82, 2.24) is 0 Å². The van der Waals surface area contributed by atoms with Crippen molar-refractivity contribution in [2.75, 3.05) is 6.61 Å². The van der Waals surface area contributed by atoms with Crippen LogP contribution < -0.4 is 0 Å². The minimum absolute atomic E-state index is 0.249. The van der Waals surface area contributed by atoms with Gasteiger partial charge in [-0.15, -0.1) is 0 Å². The molecule has 0 aromatic heterocycles. The Labute approximate surface area is 164 Å². The van der Waals surface area contributed by atoms with Gasteiger partial charge in [0.1, 0.15) is 0 Å². The van der Waals surface area contributed by atoms with E-state index in [0.29, 0.717) is 27.8 Å². The molecule has 0 saturated heterocycles. The van der Waals surface area contributed by atoms with Gasteiger partial charge in [0, 0.05) is 11.1 Å². The maximum Gasteiger partial charge on any atom is 0.339 e. The molecule has 0 amide bonds. The molecule has 0 saturated carbocycles. The Morgan fingerprint density at radius 2 is 1.57 bits per heavy atom. The van der Waals surface area contributed by atoms with Gasteiger partial charge >= 0.3 is 5.97 Å². The molecule has 0 spiro atoms. The molecule has 4 heteroatoms. The molecular formula is C24H19NO3. The van der Waals surface area contributed by atoms with Crippen molar-refractivity contribution in [1.29, 1.82) is 5.26 Å². The van der Waals surface area contributed by atoms with Crippen LogP contribution in [-0.4, -0.2) is 18.4 Å². The fourth-order valence-electron chi connectivity index (χ4n) is 3.12. The van der Waals surface area contributed by atoms with Gasteiger partial charge in [0.05, 0.1) is 17.2 Å². The number of aryl methyl sites for hydroxylation is 2. The van der Waals surface area contributed by atoms with Crippen LogP contribution in [0.5, 0.6) is 0 Å². The van der Waals surface area contributed by atoms with Gasteiger partial charge in [0.25, 0.3) is 0 Å². The zero-order valence-corrected chi connectivity index (χ0v) is 15.7. The average molecular weight is 369 g/mol. The summed E-state index contributed by atoms with van der Waals surface area (Å²) in [7, 11) is 0. The first kappa shape index (κ1) is 19.1. The van der Waals surface area contributed by atoms with E-state index in [2.05, 4.69) is 6.07 Å². The van der Waals surface area contributed by atoms with Crippen molar-refractivity contribution in [3.05, 3.63) is 94.5 Å². The number of hydrogen-bond donors (Lipinski definition) is 0. The zero-order valence-electron chi connectivity index (χ0n) is 15.7. The van der Waals surface area contributed by atoms with E-state index in [1.54, 1.807) is 48.5 Å². The summed E-state index contributed by atoms with van der Waals surface area (Å²) in [6.45, 7) is 3.48. The first-order valence-electron chi connectivity index (χ1n) is 8.87. The van der Waals surface area contributed by atoms with Gasteiger partial charge in [0.15, 0.2) is 6.61 Å². The third-order valence-electron chi connectivity index (χ3n) is 4.50. The van der Waals surface area contributed by atoms with Crippen LogP contribution in [0.2, 0.25) is 0 Å². The minimum Gasteiger partial charge on any atom is -0.454 e. The highest BCUT2D eigenvalue weighted by Gasteiger charge is 2.18. The molecule has 4 nitrogen and oxygen atoms in total. The second kappa shape index (κ2) is 8.32. The van der Waals surface area contributed by atoms with E-state index in [4.69, 9.17) is 4.74 Å². The van der Waals surface area contributed by atoms with Crippen molar-refractivity contribution >= 4 is 11.8 Å². The van der Waals surface area contributed by atoms with Crippen LogP contribution in [0, 0.1) is 25.2 Å². The molecule has 0 aliphatic carbocycles. The van der Waals surface area contributed by atoms with Crippen molar-refractivity contribution in [3.63, 3.8) is 0 Å². The van der Waals surface area contributed by atoms with Gasteiger partial charge in [-0.1, -0.05) is 60.2 Å². The van der Waals surface area contributed by atoms with Crippen LogP contribution in [0.4, 0.5) is 0 Å². The lowest BCUT2D eigenvalue weighted by Gasteiger charge is -2.11. The number of carbonyl (C=O) groups is 2. The molecule has 3 aromatic rings. The molecule has 0 N–H and O–H groups in total. The molecule has 138 valence electrons. The maximum atomic E-state index is 12.7. The standard InChI is InChI=1S/C24H19NO3/c1-16-11-12-19(17(2)13-16)23(26)15-28-24(27)22-10-6-5-9-21(22)20-8-4-3-7-18(20)14-25/h3-13H,15H2,1-2H3. The Hall–Kier alpha value is -3.71. The molecule has 0 atom stereocenters. The molecule has 0 aliphatic heterocycles. The minimum atomic E-state index is -0.596. The predicted molar refractivity (Wildman–Crippen MR) is 107 cm³/mol. The topological polar surface area (TPSA) is 67.2 Å². The quantitative estimate of drug-likeness (QED) is 0.475. The van der Waals surface area contributed by atoms with Crippen LogP contribution in [0.25, 0.3) is 11.1 Å². The second-order valence-electron chi connectivity index (χ2n) is 6.52. The van der Waals surface area contributed by atoms with E-state index in [-0.39, 0.29) is 12.4 Å². The lowest BCUT2D eigenvalue weighted by atomic mass is 9.96. The predicted octanol–water partition coefficient (Wildman–Crippen LogP) is 4.88. The highest BCUT2D eigenvalue weighted by atomic mass is 16.5. The fraction of sp³-hybridized carbons (Fsp3) is 0.125. The summed E-state index contributed by atoms with van der Waals surface area (Å²) in [4.78, 5) is 25.1. The number of ketones is 1. The number of esters is 1. The molecule has 0 aliphatic rings. The van der Waals surface area contributed by atoms with E-state index >= 15 is 0 Å². The number of hydrogen-bond acceptors (Lipinski definition) is 4. The summed E-state index contributed by atoms with van der Waals surface area (Å²) in [6, 6.07) is 21.6. The highest BCUT2D eigenvalue weighted by Crippen LogP contribution is 2.27. The van der Waals surface area contributed by atoms with Crippen molar-refractivity contribution in [3.8, 4) is 17.2 Å². The van der Waals surface area contributed by atoms with Gasteiger partial charge < -0.3 is 4.74 Å². The van der Waals surface area contributed by atoms with Crippen molar-refractivity contribution in [2.24, 2.45) is 0 Å². The van der Waals surface area contributed by atoms with Crippen molar-refractivity contribution in [2.45, 2.75) is 13.8 Å². The zero-order chi connectivity index (χ0) is 20.1. The molecular weight excluding hydrogens is 350 g/mol. The summed E-state index contributed by atoms with van der Waals surface area (Å²) in [6.07, 6.45) is 0. The summed E-state index contributed by atoms with van der Waals surface area (Å²) < 4.78 is 5.29. The number of rotatable bonds is 5. The van der Waals surface area contributed by atoms with Crippen LogP contribution in [0.3, 0.4) is 0 Å². The number of nitriles is 1. The third-order valence-corrected chi connectivity index (χ3v) is 4.50. The van der Waals surface area contributed by atoms with Crippen LogP contribution in [0.1, 0.15) is 37.4 Å². The van der Waals surface area contributed by atoms with Crippen LogP contribution >= 0.6 is 0 Å². The summed E-state index contributed by atoms with van der Waals surface area (Å²) in [5, 5.41) is 9.35. The molecule has 0 bridgehead atoms. The van der Waals surface area contributed by atoms with Crippen molar-refractivity contribution < 1.29 is 14.3 Å². The van der Waals surface area contributed by atoms with E-state index in [0.717, 1.165) is 11.1 Å². The maximum absolute atomic E-state index is 12.7. The monoisotopic (exact) mass is 369 g/mol. The van der Waals surface area contributed by atoms with E-state index in [1.165, 1.54) is 0 Å². The van der Waals surface area contributed by atoms with Gasteiger partial charge in [0.2, 0.25) is 5.78 Å². The molecule has 0 heterocycles. The molecule has 0 fully saturated rings. The fourth-order valence-corrected chi connectivity index (χ4v) is 3.12. The Balaban J connectivity index is 1.82. The van der Waals surface area contributed by atoms with Gasteiger partial charge in [-0.25, -0.2) is 4.79 Å². The second-order valence-corrected chi connectivity index (χ2v) is 6.52. The Kier molecular flexibility index (Phi) is 5.67. The van der Waals surface area contributed by atoms with Gasteiger partial charge in [-0.2, -0.15) is 5.26 Å². The normalized spacial score (nSPS) is 10.2. The Bertz CT molecular complexity index is 1090. The molecule has 0 radical (unpaired) electrons. The van der Waals surface area contributed by atoms with Crippen LogP contribution in [0.15, 0.2) is 66.7 Å². The third kappa shape index (κ3) is 3.99. The smallest absolute Gasteiger partial charge is 0.339 e. The lowest BCUT2D eigenvalue weighted by Crippen LogP contribution is -2.16. The number of benzene rings is 3. The SMILES string of the molecule is Cc1ccc(C(=O)COC(=O)c2ccccc2-c2ccccc2C#N)c(C)c1. The molecule has 3 aromatic carbocycles. The number of nitrogens with zero attached hydrogens (tertiary/aromatic N) is 1. The molecule has 28 heavy (non-hydrogen) atoms. The Morgan fingerprint density at radius 3 is 2.29 bits per heavy atom. The average Bonchev–Trinajstić information content (AvgIpc) is 2.71. The van der Waals surface area contributed by atoms with E-state index in [9.17, 15) is 14.9 Å². The number of Topliss-reactive ketones (excluding diaryl/α,β-unsaturated/α-hetero) is 1. The molecule has 3 rings (SSSR count). The number of carbonyl (C=O) groups excluding carboxylic acids is 2. The highest BCUT2D eigenvalue weighted by molar-refractivity contribution is 6.02. The van der Waals surface area contributed by atoms with E-state index < -0.39 is 5.97 Å².